The lowest BCUT2D eigenvalue weighted by atomic mass is 10.1. The van der Waals surface area contributed by atoms with Crippen LogP contribution in [0.2, 0.25) is 0 Å². The quantitative estimate of drug-likeness (QED) is 0.497. The second-order valence-electron chi connectivity index (χ2n) is 7.15. The molecule has 28 heavy (non-hydrogen) atoms. The standard InChI is InChI=1S/C20H28FN5O2/c1-26(2)19(27)13-25-20(24-12-16-4-3-9-28-16)22-8-7-14-11-23-18-6-5-15(21)10-17(14)18/h5-6,10-11,16,23H,3-4,7-9,12-13H2,1-2H3,(H2,22,24,25). The maximum absolute atomic E-state index is 13.5. The zero-order valence-corrected chi connectivity index (χ0v) is 16.4. The summed E-state index contributed by atoms with van der Waals surface area (Å²) in [4.78, 5) is 20.9. The van der Waals surface area contributed by atoms with Crippen LogP contribution in [0.3, 0.4) is 0 Å². The molecule has 1 fully saturated rings. The zero-order valence-electron chi connectivity index (χ0n) is 16.4. The normalized spacial score (nSPS) is 17.1. The molecule has 0 bridgehead atoms. The van der Waals surface area contributed by atoms with Crippen LogP contribution in [0.1, 0.15) is 18.4 Å². The lowest BCUT2D eigenvalue weighted by Gasteiger charge is -2.16. The number of aromatic amines is 1. The summed E-state index contributed by atoms with van der Waals surface area (Å²) in [6.07, 6.45) is 4.87. The molecule has 0 saturated carbocycles. The van der Waals surface area contributed by atoms with E-state index in [2.05, 4.69) is 20.6 Å². The fourth-order valence-corrected chi connectivity index (χ4v) is 3.15. The molecule has 1 aromatic carbocycles. The molecule has 1 atom stereocenters. The summed E-state index contributed by atoms with van der Waals surface area (Å²) in [5.74, 6) is 0.269. The summed E-state index contributed by atoms with van der Waals surface area (Å²) in [6.45, 7) is 2.13. The van der Waals surface area contributed by atoms with Gasteiger partial charge in [0.25, 0.3) is 0 Å². The van der Waals surface area contributed by atoms with E-state index in [1.165, 1.54) is 11.0 Å². The van der Waals surface area contributed by atoms with E-state index in [1.54, 1.807) is 26.2 Å². The van der Waals surface area contributed by atoms with Crippen molar-refractivity contribution in [2.24, 2.45) is 4.99 Å². The Bertz CT molecular complexity index is 827. The highest BCUT2D eigenvalue weighted by atomic mass is 19.1. The Balaban J connectivity index is 1.58. The third-order valence-electron chi connectivity index (χ3n) is 4.81. The van der Waals surface area contributed by atoms with Gasteiger partial charge in [0.2, 0.25) is 5.91 Å². The lowest BCUT2D eigenvalue weighted by molar-refractivity contribution is -0.127. The Morgan fingerprint density at radius 1 is 1.39 bits per heavy atom. The number of aromatic nitrogens is 1. The highest BCUT2D eigenvalue weighted by molar-refractivity contribution is 5.85. The van der Waals surface area contributed by atoms with Crippen LogP contribution in [0.25, 0.3) is 10.9 Å². The van der Waals surface area contributed by atoms with E-state index in [0.717, 1.165) is 35.9 Å². The Kier molecular flexibility index (Phi) is 6.86. The molecule has 1 unspecified atom stereocenters. The van der Waals surface area contributed by atoms with Crippen molar-refractivity contribution in [1.82, 2.24) is 20.5 Å². The van der Waals surface area contributed by atoms with Crippen LogP contribution in [0.4, 0.5) is 4.39 Å². The number of nitrogens with one attached hydrogen (secondary N) is 3. The van der Waals surface area contributed by atoms with E-state index >= 15 is 0 Å². The van der Waals surface area contributed by atoms with E-state index in [1.807, 2.05) is 6.20 Å². The number of likely N-dealkylation sites (N-methyl/N-ethyl adjacent to an activating group) is 1. The van der Waals surface area contributed by atoms with Gasteiger partial charge in [-0.05, 0) is 43.0 Å². The fraction of sp³-hybridized carbons (Fsp3) is 0.500. The highest BCUT2D eigenvalue weighted by Gasteiger charge is 2.16. The van der Waals surface area contributed by atoms with E-state index < -0.39 is 0 Å². The van der Waals surface area contributed by atoms with Gasteiger partial charge in [0, 0.05) is 50.9 Å². The number of amides is 1. The van der Waals surface area contributed by atoms with Gasteiger partial charge in [-0.25, -0.2) is 9.38 Å². The Hall–Kier alpha value is -2.61. The van der Waals surface area contributed by atoms with Crippen LogP contribution in [-0.4, -0.2) is 68.2 Å². The molecule has 3 rings (SSSR count). The minimum atomic E-state index is -0.246. The lowest BCUT2D eigenvalue weighted by Crippen LogP contribution is -2.42. The number of carbonyl (C=O) groups is 1. The first kappa shape index (κ1) is 20.1. The predicted molar refractivity (Wildman–Crippen MR) is 108 cm³/mol. The van der Waals surface area contributed by atoms with Crippen molar-refractivity contribution >= 4 is 22.8 Å². The average Bonchev–Trinajstić information content (AvgIpc) is 3.33. The molecule has 0 aliphatic carbocycles. The summed E-state index contributed by atoms with van der Waals surface area (Å²) in [6, 6.07) is 4.73. The molecule has 1 aromatic heterocycles. The fourth-order valence-electron chi connectivity index (χ4n) is 3.15. The van der Waals surface area contributed by atoms with Crippen LogP contribution in [0.15, 0.2) is 29.4 Å². The topological polar surface area (TPSA) is 81.8 Å². The van der Waals surface area contributed by atoms with Crippen molar-refractivity contribution in [2.45, 2.75) is 25.4 Å². The van der Waals surface area contributed by atoms with Gasteiger partial charge in [0.1, 0.15) is 12.4 Å². The largest absolute Gasteiger partial charge is 0.376 e. The van der Waals surface area contributed by atoms with Gasteiger partial charge < -0.3 is 25.3 Å². The van der Waals surface area contributed by atoms with Crippen LogP contribution >= 0.6 is 0 Å². The third kappa shape index (κ3) is 5.45. The summed E-state index contributed by atoms with van der Waals surface area (Å²) in [5.41, 5.74) is 1.95. The van der Waals surface area contributed by atoms with Crippen LogP contribution in [-0.2, 0) is 16.0 Å². The maximum atomic E-state index is 13.5. The number of ether oxygens (including phenoxy) is 1. The van der Waals surface area contributed by atoms with Crippen LogP contribution in [0, 0.1) is 5.82 Å². The molecule has 7 nitrogen and oxygen atoms in total. The summed E-state index contributed by atoms with van der Waals surface area (Å²) in [7, 11) is 3.42. The number of rotatable bonds is 7. The monoisotopic (exact) mass is 389 g/mol. The van der Waals surface area contributed by atoms with Gasteiger partial charge in [-0.15, -0.1) is 0 Å². The number of hydrogen-bond acceptors (Lipinski definition) is 3. The Morgan fingerprint density at radius 3 is 3.00 bits per heavy atom. The molecular weight excluding hydrogens is 361 g/mol. The first-order valence-corrected chi connectivity index (χ1v) is 9.62. The molecule has 1 amide bonds. The van der Waals surface area contributed by atoms with E-state index in [4.69, 9.17) is 4.74 Å². The number of guanidine groups is 1. The molecule has 8 heteroatoms. The smallest absolute Gasteiger partial charge is 0.243 e. The molecule has 2 heterocycles. The SMILES string of the molecule is CN(C)C(=O)CN=C(NCCc1c[nH]c2ccc(F)cc12)NCC1CCCO1. The molecule has 152 valence electrons. The number of nitrogens with zero attached hydrogens (tertiary/aromatic N) is 2. The number of halogens is 1. The molecule has 0 radical (unpaired) electrons. The number of aliphatic imine (C=N–C) groups is 1. The van der Waals surface area contributed by atoms with Gasteiger partial charge in [-0.1, -0.05) is 0 Å². The maximum Gasteiger partial charge on any atom is 0.243 e. The van der Waals surface area contributed by atoms with Gasteiger partial charge in [0.15, 0.2) is 5.96 Å². The number of benzene rings is 1. The van der Waals surface area contributed by atoms with Crippen molar-refractivity contribution in [2.75, 3.05) is 40.3 Å². The first-order chi connectivity index (χ1) is 13.5. The summed E-state index contributed by atoms with van der Waals surface area (Å²) >= 11 is 0. The minimum Gasteiger partial charge on any atom is -0.376 e. The van der Waals surface area contributed by atoms with Crippen LogP contribution in [0.5, 0.6) is 0 Å². The number of carbonyl (C=O) groups excluding carboxylic acids is 1. The molecule has 0 spiro atoms. The molecule has 2 aromatic rings. The van der Waals surface area contributed by atoms with E-state index in [0.29, 0.717) is 25.5 Å². The van der Waals surface area contributed by atoms with Crippen molar-refractivity contribution < 1.29 is 13.9 Å². The van der Waals surface area contributed by atoms with Gasteiger partial charge in [-0.3, -0.25) is 4.79 Å². The second-order valence-corrected chi connectivity index (χ2v) is 7.15. The van der Waals surface area contributed by atoms with Crippen molar-refractivity contribution in [3.63, 3.8) is 0 Å². The van der Waals surface area contributed by atoms with Crippen LogP contribution < -0.4 is 10.6 Å². The minimum absolute atomic E-state index is 0.0645. The first-order valence-electron chi connectivity index (χ1n) is 9.62. The molecule has 1 saturated heterocycles. The predicted octanol–water partition coefficient (Wildman–Crippen LogP) is 1.65. The van der Waals surface area contributed by atoms with E-state index in [9.17, 15) is 9.18 Å². The third-order valence-corrected chi connectivity index (χ3v) is 4.81. The number of hydrogen-bond donors (Lipinski definition) is 3. The van der Waals surface area contributed by atoms with Crippen molar-refractivity contribution in [1.29, 1.82) is 0 Å². The molecule has 1 aliphatic rings. The molecule has 1 aliphatic heterocycles. The van der Waals surface area contributed by atoms with Gasteiger partial charge in [-0.2, -0.15) is 0 Å². The van der Waals surface area contributed by atoms with Crippen molar-refractivity contribution in [3.8, 4) is 0 Å². The van der Waals surface area contributed by atoms with Gasteiger partial charge >= 0.3 is 0 Å². The molecule has 3 N–H and O–H groups in total. The highest BCUT2D eigenvalue weighted by Crippen LogP contribution is 2.19. The van der Waals surface area contributed by atoms with E-state index in [-0.39, 0.29) is 24.4 Å². The molecular formula is C20H28FN5O2. The number of H-pyrrole nitrogens is 1. The van der Waals surface area contributed by atoms with Crippen molar-refractivity contribution in [3.05, 3.63) is 35.8 Å². The average molecular weight is 389 g/mol. The Morgan fingerprint density at radius 2 is 2.25 bits per heavy atom. The summed E-state index contributed by atoms with van der Waals surface area (Å²) in [5, 5.41) is 7.40. The van der Waals surface area contributed by atoms with Gasteiger partial charge in [0.05, 0.1) is 6.10 Å². The Labute approximate surface area is 164 Å². The summed E-state index contributed by atoms with van der Waals surface area (Å²) < 4.78 is 19.2. The second kappa shape index (κ2) is 9.54. The zero-order chi connectivity index (χ0) is 19.9. The number of fused-ring (bicyclic) bond motifs is 1.